The predicted octanol–water partition coefficient (Wildman–Crippen LogP) is 10.5. The van der Waals surface area contributed by atoms with Gasteiger partial charge in [0.05, 0.1) is 44.6 Å². The van der Waals surface area contributed by atoms with E-state index in [1.165, 1.54) is 6.07 Å². The summed E-state index contributed by atoms with van der Waals surface area (Å²) < 4.78 is 60.9. The number of piperazine rings is 2. The lowest BCUT2D eigenvalue weighted by Crippen LogP contribution is -2.51. The van der Waals surface area contributed by atoms with Gasteiger partial charge in [-0.25, -0.2) is 23.1 Å². The third kappa shape index (κ3) is 8.78. The van der Waals surface area contributed by atoms with Crippen LogP contribution in [-0.2, 0) is 0 Å². The average molecular weight is 1140 g/mol. The first-order valence-electron chi connectivity index (χ1n) is 30.3. The number of phenols is 2. The SMILES string of the molecule is C#Cc1c(F)ccc2cc(O)cc(-c3cnc4c(N5CC6CCC(C5)N6)cc(OCC56CCCN5C(c5cc(F)c(C#C)c7c(-c8cnc9c(N%10CC%11CCC(C%10)N%11)cc(OCC%10%11CCCN%10C[C@H](F)C%11)nc9c8)cc(O)cc57)CC6)nc4c3)c12. The summed E-state index contributed by atoms with van der Waals surface area (Å²) in [6.45, 7) is 5.91. The Labute approximate surface area is 490 Å². The van der Waals surface area contributed by atoms with Crippen LogP contribution in [0.3, 0.4) is 0 Å². The maximum atomic E-state index is 17.1. The number of pyridine rings is 4. The van der Waals surface area contributed by atoms with Gasteiger partial charge in [0.15, 0.2) is 0 Å². The van der Waals surface area contributed by atoms with Crippen molar-refractivity contribution in [1.29, 1.82) is 0 Å². The molecule has 4 N–H and O–H groups in total. The fourth-order valence-electron chi connectivity index (χ4n) is 16.7. The van der Waals surface area contributed by atoms with E-state index in [0.29, 0.717) is 134 Å². The van der Waals surface area contributed by atoms with Crippen molar-refractivity contribution in [2.24, 2.45) is 0 Å². The normalized spacial score (nSPS) is 27.1. The molecular weight excluding hydrogens is 1080 g/mol. The number of nitrogens with one attached hydrogen (secondary N) is 2. The second-order valence-corrected chi connectivity index (χ2v) is 25.5. The molecule has 0 saturated carbocycles. The average Bonchev–Trinajstić information content (AvgIpc) is 2.61. The topological polar surface area (TPSA) is 148 Å². The van der Waals surface area contributed by atoms with Crippen LogP contribution in [-0.4, -0.2) is 140 Å². The van der Waals surface area contributed by atoms with Gasteiger partial charge in [0, 0.05) is 116 Å². The highest BCUT2D eigenvalue weighted by Gasteiger charge is 2.52. The number of benzene rings is 4. The Bertz CT molecular complexity index is 4170. The number of rotatable bonds is 11. The molecule has 8 atom stereocenters. The quantitative estimate of drug-likeness (QED) is 0.0911. The molecule has 8 fully saturated rings. The summed E-state index contributed by atoms with van der Waals surface area (Å²) in [6.07, 6.45) is 24.7. The standard InChI is InChI=1S/C68H65F3N10O4/c1-3-48-54(70)12-7-38-19-46(82)22-50(63(38)48)39-20-56-65(72-29-39)59(78-32-42-8-9-43(33-78)74-42)26-61(76-56)84-36-67-14-6-18-81(67)58(13-16-67)52-25-55(71)49(4-2)64-51(23-47(83)24-53(52)64)40-21-57-66(73-30-40)60(79-34-44-10-11-45(35-79)75-44)27-62(77-57)85-37-68-15-5-17-80(68)31-41(69)28-68/h1-2,7,12,19-27,29-30,41-45,58,74-75,82-83H,5-6,8-11,13-18,28,31-37H2/t41-,42?,43?,44?,45?,58?,67?,68?/m1/s1. The summed E-state index contributed by atoms with van der Waals surface area (Å²) >= 11 is 0. The number of alkyl halides is 1. The maximum absolute atomic E-state index is 17.1. The zero-order valence-electron chi connectivity index (χ0n) is 47.2. The van der Waals surface area contributed by atoms with Crippen LogP contribution in [0, 0.1) is 36.3 Å². The molecule has 4 aromatic heterocycles. The van der Waals surface area contributed by atoms with Gasteiger partial charge in [-0.1, -0.05) is 17.9 Å². The highest BCUT2D eigenvalue weighted by atomic mass is 19.1. The highest BCUT2D eigenvalue weighted by Crippen LogP contribution is 2.52. The Morgan fingerprint density at radius 3 is 1.81 bits per heavy atom. The van der Waals surface area contributed by atoms with Gasteiger partial charge in [0.25, 0.3) is 0 Å². The molecule has 4 aromatic carbocycles. The van der Waals surface area contributed by atoms with Crippen LogP contribution in [0.4, 0.5) is 24.5 Å². The number of halogens is 3. The molecule has 0 amide bonds. The third-order valence-corrected chi connectivity index (χ3v) is 20.5. The fraction of sp³-hybridized carbons (Fsp3) is 0.412. The van der Waals surface area contributed by atoms with Crippen LogP contribution in [0.15, 0.2) is 79.1 Å². The molecule has 16 rings (SSSR count). The van der Waals surface area contributed by atoms with E-state index in [1.807, 2.05) is 24.3 Å². The summed E-state index contributed by atoms with van der Waals surface area (Å²) in [4.78, 5) is 29.9. The number of aromatic hydroxyl groups is 2. The van der Waals surface area contributed by atoms with Crippen molar-refractivity contribution in [3.05, 3.63) is 107 Å². The zero-order valence-corrected chi connectivity index (χ0v) is 47.2. The van der Waals surface area contributed by atoms with E-state index >= 15 is 8.78 Å². The van der Waals surface area contributed by atoms with Crippen molar-refractivity contribution in [2.45, 2.75) is 118 Å². The summed E-state index contributed by atoms with van der Waals surface area (Å²) in [5, 5.41) is 32.5. The molecule has 8 aliphatic rings. The van der Waals surface area contributed by atoms with E-state index in [4.69, 9.17) is 42.3 Å². The first-order chi connectivity index (χ1) is 41.4. The number of anilines is 2. The molecule has 0 radical (unpaired) electrons. The van der Waals surface area contributed by atoms with E-state index < -0.39 is 23.3 Å². The van der Waals surface area contributed by atoms with Crippen LogP contribution < -0.4 is 29.9 Å². The first kappa shape index (κ1) is 52.6. The number of hydrogen-bond acceptors (Lipinski definition) is 14. The lowest BCUT2D eigenvalue weighted by molar-refractivity contribution is 0.0873. The van der Waals surface area contributed by atoms with Crippen LogP contribution in [0.5, 0.6) is 23.3 Å². The minimum Gasteiger partial charge on any atom is -0.508 e. The van der Waals surface area contributed by atoms with Gasteiger partial charge in [0.1, 0.15) is 53.6 Å². The van der Waals surface area contributed by atoms with Crippen molar-refractivity contribution in [1.82, 2.24) is 40.4 Å². The van der Waals surface area contributed by atoms with Crippen molar-refractivity contribution in [2.75, 3.05) is 68.8 Å². The lowest BCUT2D eigenvalue weighted by atomic mass is 9.88. The van der Waals surface area contributed by atoms with Gasteiger partial charge in [0.2, 0.25) is 11.8 Å². The van der Waals surface area contributed by atoms with E-state index in [1.54, 1.807) is 48.8 Å². The van der Waals surface area contributed by atoms with Crippen molar-refractivity contribution < 1.29 is 32.9 Å². The molecule has 7 unspecified atom stereocenters. The first-order valence-corrected chi connectivity index (χ1v) is 30.3. The van der Waals surface area contributed by atoms with E-state index in [9.17, 15) is 14.6 Å². The summed E-state index contributed by atoms with van der Waals surface area (Å²) in [5.41, 5.74) is 6.87. The molecule has 8 aromatic rings. The maximum Gasteiger partial charge on any atom is 0.216 e. The minimum atomic E-state index is -0.884. The molecule has 85 heavy (non-hydrogen) atoms. The van der Waals surface area contributed by atoms with E-state index in [0.717, 1.165) is 114 Å². The van der Waals surface area contributed by atoms with Gasteiger partial charge in [-0.3, -0.25) is 19.8 Å². The largest absolute Gasteiger partial charge is 0.508 e. The molecule has 0 aliphatic carbocycles. The van der Waals surface area contributed by atoms with Gasteiger partial charge in [-0.2, -0.15) is 0 Å². The van der Waals surface area contributed by atoms with Crippen molar-refractivity contribution in [3.8, 4) is 70.2 Å². The second-order valence-electron chi connectivity index (χ2n) is 25.5. The molecule has 0 spiro atoms. The number of ether oxygens (including phenoxy) is 2. The number of phenolic OH excluding ortho intramolecular Hbond substituents is 2. The molecule has 17 heteroatoms. The summed E-state index contributed by atoms with van der Waals surface area (Å²) in [7, 11) is 0. The Kier molecular flexibility index (Phi) is 12.4. The molecule has 8 aliphatic heterocycles. The minimum absolute atomic E-state index is 0.00629. The Hall–Kier alpha value is -7.93. The Morgan fingerprint density at radius 1 is 0.624 bits per heavy atom. The van der Waals surface area contributed by atoms with E-state index in [-0.39, 0.29) is 34.2 Å². The zero-order chi connectivity index (χ0) is 57.5. The molecule has 4 bridgehead atoms. The summed E-state index contributed by atoms with van der Waals surface area (Å²) in [5.74, 6) is 5.07. The number of aromatic nitrogens is 4. The number of terminal acetylenes is 2. The van der Waals surface area contributed by atoms with Gasteiger partial charge >= 0.3 is 0 Å². The van der Waals surface area contributed by atoms with Crippen LogP contribution in [0.1, 0.15) is 93.4 Å². The van der Waals surface area contributed by atoms with Crippen LogP contribution in [0.25, 0.3) is 65.9 Å². The van der Waals surface area contributed by atoms with Gasteiger partial charge in [-0.05, 0) is 153 Å². The molecule has 432 valence electrons. The van der Waals surface area contributed by atoms with Crippen LogP contribution >= 0.6 is 0 Å². The number of hydrogen-bond donors (Lipinski definition) is 4. The predicted molar refractivity (Wildman–Crippen MR) is 323 cm³/mol. The fourth-order valence-corrected chi connectivity index (χ4v) is 16.7. The van der Waals surface area contributed by atoms with Gasteiger partial charge < -0.3 is 40.1 Å². The third-order valence-electron chi connectivity index (χ3n) is 20.5. The van der Waals surface area contributed by atoms with E-state index in [2.05, 4.69) is 42.1 Å². The van der Waals surface area contributed by atoms with Crippen molar-refractivity contribution in [3.63, 3.8) is 0 Å². The molecule has 8 saturated heterocycles. The van der Waals surface area contributed by atoms with Crippen LogP contribution in [0.2, 0.25) is 0 Å². The molecule has 14 nitrogen and oxygen atoms in total. The number of fused-ring (bicyclic) bond motifs is 10. The Morgan fingerprint density at radius 2 is 1.19 bits per heavy atom. The highest BCUT2D eigenvalue weighted by molar-refractivity contribution is 6.06. The summed E-state index contributed by atoms with van der Waals surface area (Å²) in [6, 6.07) is 20.0. The molecule has 12 heterocycles. The monoisotopic (exact) mass is 1140 g/mol. The smallest absolute Gasteiger partial charge is 0.216 e. The number of nitrogens with zero attached hydrogens (tertiary/aromatic N) is 8. The van der Waals surface area contributed by atoms with Gasteiger partial charge in [-0.15, -0.1) is 12.8 Å². The lowest BCUT2D eigenvalue weighted by Gasteiger charge is -2.36. The van der Waals surface area contributed by atoms with Crippen molar-refractivity contribution >= 4 is 55.0 Å². The second kappa shape index (κ2) is 20.1. The molecular formula is C68H65F3N10O4. The Balaban J connectivity index is 0.746.